The number of rotatable bonds is 7. The Bertz CT molecular complexity index is 1160. The van der Waals surface area contributed by atoms with Crippen LogP contribution in [0.4, 0.5) is 0 Å². The van der Waals surface area contributed by atoms with Gasteiger partial charge >= 0.3 is 0 Å². The summed E-state index contributed by atoms with van der Waals surface area (Å²) in [5, 5.41) is 10.8. The van der Waals surface area contributed by atoms with Crippen LogP contribution in [0.1, 0.15) is 43.0 Å². The molecule has 0 radical (unpaired) electrons. The van der Waals surface area contributed by atoms with Crippen molar-refractivity contribution in [1.82, 2.24) is 10.2 Å². The Morgan fingerprint density at radius 1 is 0.909 bits per heavy atom. The molecule has 4 rings (SSSR count). The summed E-state index contributed by atoms with van der Waals surface area (Å²) in [6.45, 7) is 0.259. The predicted octanol–water partition coefficient (Wildman–Crippen LogP) is 4.24. The first-order chi connectivity index (χ1) is 15.5. The molecule has 0 saturated heterocycles. The lowest BCUT2D eigenvalue weighted by atomic mass is 10.0. The van der Waals surface area contributed by atoms with Crippen LogP contribution in [-0.4, -0.2) is 36.7 Å². The smallest absolute Gasteiger partial charge is 0.261 e. The zero-order valence-corrected chi connectivity index (χ0v) is 19.4. The van der Waals surface area contributed by atoms with Crippen LogP contribution in [0.3, 0.4) is 0 Å². The summed E-state index contributed by atoms with van der Waals surface area (Å²) >= 11 is 0. The number of ether oxygens (including phenoxy) is 1. The Balaban J connectivity index is 0.00000306. The van der Waals surface area contributed by atoms with Crippen LogP contribution in [0.2, 0.25) is 0 Å². The number of aryl methyl sites for hydroxylation is 2. The fourth-order valence-corrected chi connectivity index (χ4v) is 3.93. The van der Waals surface area contributed by atoms with Gasteiger partial charge in [-0.1, -0.05) is 36.4 Å². The zero-order chi connectivity index (χ0) is 22.7. The van der Waals surface area contributed by atoms with Crippen LogP contribution in [-0.2, 0) is 19.4 Å². The topological polar surface area (TPSA) is 82.5 Å². The van der Waals surface area contributed by atoms with Crippen LogP contribution in [0.25, 0.3) is 0 Å². The molecule has 3 aromatic carbocycles. The maximum absolute atomic E-state index is 12.6. The van der Waals surface area contributed by atoms with Gasteiger partial charge in [-0.3, -0.25) is 19.9 Å². The highest BCUT2D eigenvalue weighted by Gasteiger charge is 2.34. The molecular formula is C26H26ClN3O3. The van der Waals surface area contributed by atoms with Crippen LogP contribution in [0.5, 0.6) is 5.75 Å². The van der Waals surface area contributed by atoms with Crippen LogP contribution >= 0.6 is 12.4 Å². The molecule has 170 valence electrons. The van der Waals surface area contributed by atoms with Gasteiger partial charge in [0.05, 0.1) is 24.8 Å². The van der Waals surface area contributed by atoms with Gasteiger partial charge in [-0.15, -0.1) is 12.4 Å². The SMILES string of the molecule is CNC(=N)c1ccc(OC)c(CCc2ccc(CN3C(=O)c4ccccc4C3=O)cc2)c1.Cl. The van der Waals surface area contributed by atoms with Crippen molar-refractivity contribution in [2.75, 3.05) is 14.2 Å². The quantitative estimate of drug-likeness (QED) is 0.312. The van der Waals surface area contributed by atoms with E-state index in [1.807, 2.05) is 42.5 Å². The van der Waals surface area contributed by atoms with Gasteiger partial charge in [0.1, 0.15) is 11.6 Å². The predicted molar refractivity (Wildman–Crippen MR) is 131 cm³/mol. The van der Waals surface area contributed by atoms with Gasteiger partial charge in [0.15, 0.2) is 0 Å². The van der Waals surface area contributed by atoms with E-state index in [9.17, 15) is 9.59 Å². The standard InChI is InChI=1S/C26H25N3O3.ClH/c1-28-24(27)20-13-14-23(32-2)19(15-20)12-11-17-7-9-18(10-8-17)16-29-25(30)21-5-3-4-6-22(21)26(29)31;/h3-10,13-15H,11-12,16H2,1-2H3,(H2,27,28);1H. The van der Waals surface area contributed by atoms with Crippen LogP contribution in [0, 0.1) is 5.41 Å². The highest BCUT2D eigenvalue weighted by atomic mass is 35.5. The minimum atomic E-state index is -0.242. The largest absolute Gasteiger partial charge is 0.496 e. The molecule has 0 saturated carbocycles. The van der Waals surface area contributed by atoms with E-state index >= 15 is 0 Å². The van der Waals surface area contributed by atoms with E-state index in [-0.39, 0.29) is 30.8 Å². The number of hydrogen-bond donors (Lipinski definition) is 2. The van der Waals surface area contributed by atoms with Crippen molar-refractivity contribution < 1.29 is 14.3 Å². The lowest BCUT2D eigenvalue weighted by Crippen LogP contribution is -2.29. The van der Waals surface area contributed by atoms with Crippen molar-refractivity contribution >= 4 is 30.1 Å². The molecule has 0 spiro atoms. The fraction of sp³-hybridized carbons (Fsp3) is 0.192. The molecular weight excluding hydrogens is 438 g/mol. The maximum atomic E-state index is 12.6. The average molecular weight is 464 g/mol. The average Bonchev–Trinajstić information content (AvgIpc) is 3.07. The summed E-state index contributed by atoms with van der Waals surface area (Å²) in [7, 11) is 3.38. The molecule has 1 aliphatic heterocycles. The summed E-state index contributed by atoms with van der Waals surface area (Å²) in [6.07, 6.45) is 1.58. The molecule has 1 heterocycles. The number of hydrogen-bond acceptors (Lipinski definition) is 4. The van der Waals surface area contributed by atoms with Crippen LogP contribution in [0.15, 0.2) is 66.7 Å². The number of amidine groups is 1. The van der Waals surface area contributed by atoms with E-state index in [0.717, 1.165) is 40.8 Å². The van der Waals surface area contributed by atoms with E-state index in [2.05, 4.69) is 5.32 Å². The third kappa shape index (κ3) is 4.91. The molecule has 0 unspecified atom stereocenters. The van der Waals surface area contributed by atoms with E-state index in [1.165, 1.54) is 4.90 Å². The molecule has 0 bridgehead atoms. The molecule has 6 nitrogen and oxygen atoms in total. The van der Waals surface area contributed by atoms with Crippen molar-refractivity contribution in [2.45, 2.75) is 19.4 Å². The minimum Gasteiger partial charge on any atom is -0.496 e. The Kier molecular flexibility index (Phi) is 7.51. The normalized spacial score (nSPS) is 12.2. The van der Waals surface area contributed by atoms with Crippen molar-refractivity contribution in [3.8, 4) is 5.75 Å². The first-order valence-corrected chi connectivity index (χ1v) is 10.5. The zero-order valence-electron chi connectivity index (χ0n) is 18.6. The van der Waals surface area contributed by atoms with Gasteiger partial charge in [-0.2, -0.15) is 0 Å². The molecule has 2 amide bonds. The minimum absolute atomic E-state index is 0. The monoisotopic (exact) mass is 463 g/mol. The summed E-state index contributed by atoms with van der Waals surface area (Å²) < 4.78 is 5.48. The number of benzene rings is 3. The number of nitrogens with one attached hydrogen (secondary N) is 2. The molecule has 7 heteroatoms. The van der Waals surface area contributed by atoms with Crippen molar-refractivity contribution in [1.29, 1.82) is 5.41 Å². The number of imide groups is 1. The second-order valence-electron chi connectivity index (χ2n) is 7.71. The molecule has 0 fully saturated rings. The van der Waals surface area contributed by atoms with Gasteiger partial charge in [0.25, 0.3) is 11.8 Å². The number of carbonyl (C=O) groups excluding carboxylic acids is 2. The molecule has 2 N–H and O–H groups in total. The van der Waals surface area contributed by atoms with Gasteiger partial charge in [-0.05, 0) is 59.9 Å². The first kappa shape index (κ1) is 24.0. The summed E-state index contributed by atoms with van der Waals surface area (Å²) in [4.78, 5) is 26.4. The van der Waals surface area contributed by atoms with E-state index < -0.39 is 0 Å². The number of nitrogens with zero attached hydrogens (tertiary/aromatic N) is 1. The Morgan fingerprint density at radius 3 is 2.09 bits per heavy atom. The van der Waals surface area contributed by atoms with Gasteiger partial charge in [0.2, 0.25) is 0 Å². The van der Waals surface area contributed by atoms with Crippen molar-refractivity contribution in [3.63, 3.8) is 0 Å². The highest BCUT2D eigenvalue weighted by Crippen LogP contribution is 2.25. The molecule has 0 aliphatic carbocycles. The van der Waals surface area contributed by atoms with Crippen LogP contribution < -0.4 is 10.1 Å². The van der Waals surface area contributed by atoms with E-state index in [4.69, 9.17) is 10.1 Å². The first-order valence-electron chi connectivity index (χ1n) is 10.5. The van der Waals surface area contributed by atoms with Crippen molar-refractivity contribution in [2.24, 2.45) is 0 Å². The molecule has 33 heavy (non-hydrogen) atoms. The summed E-state index contributed by atoms with van der Waals surface area (Å²) in [5.41, 5.74) is 4.85. The molecule has 1 aliphatic rings. The van der Waals surface area contributed by atoms with Gasteiger partial charge in [-0.25, -0.2) is 0 Å². The summed E-state index contributed by atoms with van der Waals surface area (Å²) in [6, 6.07) is 20.7. The molecule has 0 aromatic heterocycles. The van der Waals surface area contributed by atoms with Gasteiger partial charge < -0.3 is 10.1 Å². The number of methoxy groups -OCH3 is 1. The molecule has 3 aromatic rings. The lowest BCUT2D eigenvalue weighted by molar-refractivity contribution is 0.0642. The number of halogens is 1. The van der Waals surface area contributed by atoms with Crippen molar-refractivity contribution in [3.05, 3.63) is 100 Å². The van der Waals surface area contributed by atoms with Gasteiger partial charge in [0, 0.05) is 12.6 Å². The fourth-order valence-electron chi connectivity index (χ4n) is 3.93. The Morgan fingerprint density at radius 2 is 1.52 bits per heavy atom. The summed E-state index contributed by atoms with van der Waals surface area (Å²) in [5.74, 6) is 0.689. The third-order valence-electron chi connectivity index (χ3n) is 5.74. The van der Waals surface area contributed by atoms with E-state index in [0.29, 0.717) is 17.0 Å². The second kappa shape index (κ2) is 10.3. The van der Waals surface area contributed by atoms with E-state index in [1.54, 1.807) is 38.4 Å². The highest BCUT2D eigenvalue weighted by molar-refractivity contribution is 6.21. The number of amides is 2. The third-order valence-corrected chi connectivity index (χ3v) is 5.74. The molecule has 0 atom stereocenters. The lowest BCUT2D eigenvalue weighted by Gasteiger charge is -2.14. The maximum Gasteiger partial charge on any atom is 0.261 e. The number of fused-ring (bicyclic) bond motifs is 1. The second-order valence-corrected chi connectivity index (χ2v) is 7.71. The Hall–Kier alpha value is -3.64. The number of carbonyl (C=O) groups is 2. The Labute approximate surface area is 199 Å².